The maximum atomic E-state index is 12.0. The molecule has 1 aliphatic heterocycles. The number of hydroxylamine groups is 1. The molecule has 0 bridgehead atoms. The zero-order chi connectivity index (χ0) is 14.0. The molecule has 1 saturated carbocycles. The maximum Gasteiger partial charge on any atom is 0.338 e. The van der Waals surface area contributed by atoms with E-state index in [2.05, 4.69) is 17.4 Å². The number of aliphatic hydroxyl groups excluding tert-OH is 1. The fraction of sp³-hybridized carbons (Fsp3) is 0.692. The van der Waals surface area contributed by atoms with Gasteiger partial charge in [0, 0.05) is 6.54 Å². The molecular weight excluding hydrogens is 248 g/mol. The second-order valence-corrected chi connectivity index (χ2v) is 5.26. The summed E-state index contributed by atoms with van der Waals surface area (Å²) < 4.78 is 0. The Morgan fingerprint density at radius 2 is 2.37 bits per heavy atom. The normalized spacial score (nSPS) is 36.6. The predicted octanol–water partition coefficient (Wildman–Crippen LogP) is -0.114. The first-order valence-electron chi connectivity index (χ1n) is 6.58. The molecule has 0 unspecified atom stereocenters. The van der Waals surface area contributed by atoms with E-state index in [1.165, 1.54) is 0 Å². The lowest BCUT2D eigenvalue weighted by atomic mass is 10.0. The largest absolute Gasteiger partial charge is 0.392 e. The Bertz CT molecular complexity index is 398. The number of hydrogen-bond donors (Lipinski definition) is 3. The molecule has 0 aromatic carbocycles. The summed E-state index contributed by atoms with van der Waals surface area (Å²) in [6.45, 7) is 5.98. The van der Waals surface area contributed by atoms with Crippen LogP contribution in [0.1, 0.15) is 26.2 Å². The van der Waals surface area contributed by atoms with E-state index in [0.29, 0.717) is 19.4 Å². The number of aliphatic hydroxyl groups is 1. The highest BCUT2D eigenvalue weighted by molar-refractivity contribution is 5.85. The first kappa shape index (κ1) is 14.0. The fourth-order valence-corrected chi connectivity index (χ4v) is 2.61. The summed E-state index contributed by atoms with van der Waals surface area (Å²) in [5.74, 6) is -0.702. The van der Waals surface area contributed by atoms with Crippen LogP contribution < -0.4 is 10.8 Å². The minimum absolute atomic E-state index is 0.133. The maximum absolute atomic E-state index is 12.0. The highest BCUT2D eigenvalue weighted by atomic mass is 16.7. The Hall–Kier alpha value is -1.40. The SMILES string of the molecule is C=C[C@@H]1C[C@@]1(CC)C(=O)ONC(=O)[C@@H]1C[C@@H](O)CN1. The Morgan fingerprint density at radius 1 is 1.63 bits per heavy atom. The van der Waals surface area contributed by atoms with Gasteiger partial charge in [0.05, 0.1) is 17.6 Å². The van der Waals surface area contributed by atoms with Gasteiger partial charge in [-0.15, -0.1) is 6.58 Å². The van der Waals surface area contributed by atoms with Crippen molar-refractivity contribution in [2.75, 3.05) is 6.54 Å². The van der Waals surface area contributed by atoms with Gasteiger partial charge in [0.1, 0.15) is 0 Å². The highest BCUT2D eigenvalue weighted by Gasteiger charge is 2.58. The van der Waals surface area contributed by atoms with E-state index in [4.69, 9.17) is 4.84 Å². The summed E-state index contributed by atoms with van der Waals surface area (Å²) in [6.07, 6.45) is 2.95. The summed E-state index contributed by atoms with van der Waals surface area (Å²) in [7, 11) is 0. The van der Waals surface area contributed by atoms with E-state index in [0.717, 1.165) is 6.42 Å². The van der Waals surface area contributed by atoms with Crippen molar-refractivity contribution in [1.82, 2.24) is 10.8 Å². The van der Waals surface area contributed by atoms with E-state index in [-0.39, 0.29) is 5.92 Å². The van der Waals surface area contributed by atoms with Crippen LogP contribution in [0.2, 0.25) is 0 Å². The monoisotopic (exact) mass is 268 g/mol. The van der Waals surface area contributed by atoms with Gasteiger partial charge >= 0.3 is 5.97 Å². The van der Waals surface area contributed by atoms with Gasteiger partial charge in [-0.25, -0.2) is 4.79 Å². The number of amides is 1. The number of nitrogens with one attached hydrogen (secondary N) is 2. The van der Waals surface area contributed by atoms with Crippen LogP contribution in [0.4, 0.5) is 0 Å². The smallest absolute Gasteiger partial charge is 0.338 e. The van der Waals surface area contributed by atoms with Crippen molar-refractivity contribution in [3.63, 3.8) is 0 Å². The zero-order valence-corrected chi connectivity index (χ0v) is 11.0. The molecule has 106 valence electrons. The minimum Gasteiger partial charge on any atom is -0.392 e. The molecule has 19 heavy (non-hydrogen) atoms. The molecule has 6 nitrogen and oxygen atoms in total. The molecule has 0 spiro atoms. The molecule has 0 aromatic rings. The average Bonchev–Trinajstić information content (AvgIpc) is 3.00. The zero-order valence-electron chi connectivity index (χ0n) is 11.0. The molecule has 1 aliphatic carbocycles. The van der Waals surface area contributed by atoms with Crippen LogP contribution >= 0.6 is 0 Å². The predicted molar refractivity (Wildman–Crippen MR) is 67.7 cm³/mol. The molecule has 6 heteroatoms. The number of hydrogen-bond acceptors (Lipinski definition) is 5. The summed E-state index contributed by atoms with van der Waals surface area (Å²) in [5, 5.41) is 12.2. The molecular formula is C13H20N2O4. The van der Waals surface area contributed by atoms with Crippen LogP contribution in [-0.2, 0) is 14.4 Å². The lowest BCUT2D eigenvalue weighted by Gasteiger charge is -2.15. The average molecular weight is 268 g/mol. The van der Waals surface area contributed by atoms with Crippen molar-refractivity contribution in [3.8, 4) is 0 Å². The third-order valence-corrected chi connectivity index (χ3v) is 4.12. The van der Waals surface area contributed by atoms with Gasteiger partial charge in [0.25, 0.3) is 5.91 Å². The first-order chi connectivity index (χ1) is 9.03. The quantitative estimate of drug-likeness (QED) is 0.489. The molecule has 2 rings (SSSR count). The van der Waals surface area contributed by atoms with Crippen LogP contribution in [-0.4, -0.2) is 35.7 Å². The molecule has 1 saturated heterocycles. The molecule has 3 N–H and O–H groups in total. The fourth-order valence-electron chi connectivity index (χ4n) is 2.61. The van der Waals surface area contributed by atoms with Crippen molar-refractivity contribution >= 4 is 11.9 Å². The van der Waals surface area contributed by atoms with E-state index in [1.54, 1.807) is 6.08 Å². The second-order valence-electron chi connectivity index (χ2n) is 5.26. The summed E-state index contributed by atoms with van der Waals surface area (Å²) in [5.41, 5.74) is 1.66. The molecule has 1 amide bonds. The van der Waals surface area contributed by atoms with Gasteiger partial charge in [-0.1, -0.05) is 13.0 Å². The van der Waals surface area contributed by atoms with Gasteiger partial charge in [-0.05, 0) is 25.2 Å². The number of carbonyl (C=O) groups is 2. The Balaban J connectivity index is 1.81. The standard InChI is InChI=1S/C13H20N2O4/c1-3-8-6-13(8,4-2)12(18)19-15-11(17)10-5-9(16)7-14-10/h3,8-10,14,16H,1,4-7H2,2H3,(H,15,17)/t8-,9-,10+,13-/m1/s1. The van der Waals surface area contributed by atoms with Crippen molar-refractivity contribution < 1.29 is 19.5 Å². The van der Waals surface area contributed by atoms with Crippen LogP contribution in [0, 0.1) is 11.3 Å². The van der Waals surface area contributed by atoms with Gasteiger partial charge in [-0.3, -0.25) is 4.79 Å². The highest BCUT2D eigenvalue weighted by Crippen LogP contribution is 2.56. The number of rotatable bonds is 4. The number of carbonyl (C=O) groups excluding carboxylic acids is 2. The van der Waals surface area contributed by atoms with E-state index < -0.39 is 29.4 Å². The Morgan fingerprint density at radius 3 is 2.84 bits per heavy atom. The van der Waals surface area contributed by atoms with E-state index in [1.807, 2.05) is 6.92 Å². The Kier molecular flexibility index (Phi) is 3.91. The van der Waals surface area contributed by atoms with Crippen LogP contribution in [0.3, 0.4) is 0 Å². The molecule has 1 heterocycles. The first-order valence-corrected chi connectivity index (χ1v) is 6.58. The van der Waals surface area contributed by atoms with Crippen molar-refractivity contribution in [3.05, 3.63) is 12.7 Å². The van der Waals surface area contributed by atoms with Gasteiger partial charge in [0.2, 0.25) is 0 Å². The summed E-state index contributed by atoms with van der Waals surface area (Å²) in [6, 6.07) is -0.505. The molecule has 2 aliphatic rings. The minimum atomic E-state index is -0.526. The molecule has 0 aromatic heterocycles. The van der Waals surface area contributed by atoms with Crippen LogP contribution in [0.5, 0.6) is 0 Å². The number of allylic oxidation sites excluding steroid dienone is 1. The molecule has 2 fully saturated rings. The lowest BCUT2D eigenvalue weighted by molar-refractivity contribution is -0.164. The summed E-state index contributed by atoms with van der Waals surface area (Å²) >= 11 is 0. The van der Waals surface area contributed by atoms with E-state index in [9.17, 15) is 14.7 Å². The topological polar surface area (TPSA) is 87.7 Å². The third kappa shape index (κ3) is 2.64. The van der Waals surface area contributed by atoms with Crippen molar-refractivity contribution in [2.24, 2.45) is 11.3 Å². The Labute approximate surface area is 112 Å². The van der Waals surface area contributed by atoms with Gasteiger partial charge in [0.15, 0.2) is 0 Å². The number of β-amino-alcohol motifs (C(OH)–C–C–N with tert-alkyl or cyclic N) is 1. The lowest BCUT2D eigenvalue weighted by Crippen LogP contribution is -2.42. The van der Waals surface area contributed by atoms with Crippen LogP contribution in [0.15, 0.2) is 12.7 Å². The van der Waals surface area contributed by atoms with Crippen molar-refractivity contribution in [2.45, 2.75) is 38.3 Å². The van der Waals surface area contributed by atoms with Gasteiger partial charge < -0.3 is 15.3 Å². The van der Waals surface area contributed by atoms with Gasteiger partial charge in [-0.2, -0.15) is 5.48 Å². The molecule has 0 radical (unpaired) electrons. The van der Waals surface area contributed by atoms with Crippen molar-refractivity contribution in [1.29, 1.82) is 0 Å². The van der Waals surface area contributed by atoms with Crippen LogP contribution in [0.25, 0.3) is 0 Å². The third-order valence-electron chi connectivity index (χ3n) is 4.12. The van der Waals surface area contributed by atoms with E-state index >= 15 is 0 Å². The summed E-state index contributed by atoms with van der Waals surface area (Å²) in [4.78, 5) is 28.6. The molecule has 4 atom stereocenters. The second kappa shape index (κ2) is 5.30.